The zero-order chi connectivity index (χ0) is 23.0. The fourth-order valence-electron chi connectivity index (χ4n) is 3.26. The Morgan fingerprint density at radius 1 is 1.13 bits per heavy atom. The number of ether oxygens (including phenoxy) is 1. The van der Waals surface area contributed by atoms with Gasteiger partial charge in [-0.05, 0) is 48.9 Å². The number of carbonyl (C=O) groups excluding carboxylic acids is 1. The van der Waals surface area contributed by atoms with E-state index < -0.39 is 6.03 Å². The molecule has 0 radical (unpaired) electrons. The Morgan fingerprint density at radius 3 is 2.48 bits per heavy atom. The van der Waals surface area contributed by atoms with E-state index in [1.54, 1.807) is 12.1 Å². The number of hydrogen-bond acceptors (Lipinski definition) is 6. The number of nitrogens with zero attached hydrogens (tertiary/aromatic N) is 2. The number of rotatable bonds is 4. The third-order valence-electron chi connectivity index (χ3n) is 5.08. The van der Waals surface area contributed by atoms with Crippen molar-refractivity contribution in [2.45, 2.75) is 46.1 Å². The van der Waals surface area contributed by atoms with Crippen LogP contribution in [0, 0.1) is 17.7 Å². The Bertz CT molecular complexity index is 941. The molecular weight excluding hydrogens is 392 g/mol. The van der Waals surface area contributed by atoms with E-state index in [0.717, 1.165) is 46.1 Å². The molecule has 1 aliphatic carbocycles. The maximum atomic E-state index is 11.8. The van der Waals surface area contributed by atoms with Crippen molar-refractivity contribution in [1.29, 1.82) is 10.8 Å². The summed E-state index contributed by atoms with van der Waals surface area (Å²) in [6.07, 6.45) is 3.77. The Hall–Kier alpha value is -3.23. The Balaban J connectivity index is 0.000000258. The Morgan fingerprint density at radius 2 is 1.84 bits per heavy atom. The van der Waals surface area contributed by atoms with Crippen molar-refractivity contribution in [3.8, 4) is 0 Å². The van der Waals surface area contributed by atoms with Crippen molar-refractivity contribution in [2.75, 3.05) is 12.1 Å². The molecule has 2 aromatic carbocycles. The first-order chi connectivity index (χ1) is 14.8. The molecule has 8 nitrogen and oxygen atoms in total. The molecule has 0 heterocycles. The van der Waals surface area contributed by atoms with Crippen LogP contribution in [0.4, 0.5) is 10.5 Å². The number of fused-ring (bicyclic) bond motifs is 1. The minimum absolute atomic E-state index is 0.184. The SMILES string of the molecule is CCC(=N)OCc1c(C)cccc1N(N)C(=O)N(C)N.N=C1CCCc2ccccc21. The highest BCUT2D eigenvalue weighted by molar-refractivity contribution is 6.00. The lowest BCUT2D eigenvalue weighted by Gasteiger charge is -2.24. The van der Waals surface area contributed by atoms with Crippen molar-refractivity contribution >= 4 is 23.3 Å². The second kappa shape index (κ2) is 11.2. The maximum absolute atomic E-state index is 11.8. The molecule has 0 saturated carbocycles. The van der Waals surface area contributed by atoms with Gasteiger partial charge in [-0.15, -0.1) is 0 Å². The summed E-state index contributed by atoms with van der Waals surface area (Å²) in [5.41, 5.74) is 5.52. The number of hydrazine groups is 2. The van der Waals surface area contributed by atoms with E-state index in [9.17, 15) is 4.79 Å². The van der Waals surface area contributed by atoms with Gasteiger partial charge in [0.1, 0.15) is 6.61 Å². The number of nitrogens with two attached hydrogens (primary N) is 2. The number of aryl methyl sites for hydroxylation is 2. The number of urea groups is 1. The average molecular weight is 425 g/mol. The highest BCUT2D eigenvalue weighted by atomic mass is 16.5. The molecule has 8 heteroatoms. The fourth-order valence-corrected chi connectivity index (χ4v) is 3.26. The first kappa shape index (κ1) is 24.0. The first-order valence-electron chi connectivity index (χ1n) is 10.3. The van der Waals surface area contributed by atoms with E-state index in [4.69, 9.17) is 27.2 Å². The third kappa shape index (κ3) is 6.37. The summed E-state index contributed by atoms with van der Waals surface area (Å²) in [7, 11) is 1.42. The molecule has 0 fully saturated rings. The second-order valence-corrected chi connectivity index (χ2v) is 7.39. The van der Waals surface area contributed by atoms with E-state index in [2.05, 4.69) is 18.2 Å². The molecule has 31 heavy (non-hydrogen) atoms. The number of hydrogen-bond donors (Lipinski definition) is 4. The normalized spacial score (nSPS) is 12.2. The van der Waals surface area contributed by atoms with Gasteiger partial charge in [0.05, 0.1) is 5.69 Å². The maximum Gasteiger partial charge on any atom is 0.352 e. The lowest BCUT2D eigenvalue weighted by molar-refractivity contribution is 0.216. The topological polar surface area (TPSA) is 133 Å². The van der Waals surface area contributed by atoms with Crippen molar-refractivity contribution in [2.24, 2.45) is 11.7 Å². The molecule has 6 N–H and O–H groups in total. The Kier molecular flexibility index (Phi) is 8.72. The molecule has 0 spiro atoms. The highest BCUT2D eigenvalue weighted by Gasteiger charge is 2.19. The van der Waals surface area contributed by atoms with Crippen LogP contribution in [-0.2, 0) is 17.8 Å². The molecule has 3 rings (SSSR count). The van der Waals surface area contributed by atoms with Crippen LogP contribution < -0.4 is 16.7 Å². The average Bonchev–Trinajstić information content (AvgIpc) is 2.77. The van der Waals surface area contributed by atoms with Gasteiger partial charge in [-0.2, -0.15) is 0 Å². The molecule has 0 unspecified atom stereocenters. The molecule has 0 bridgehead atoms. The van der Waals surface area contributed by atoms with E-state index in [1.165, 1.54) is 18.2 Å². The molecule has 2 aromatic rings. The fraction of sp³-hybridized carbons (Fsp3) is 0.348. The van der Waals surface area contributed by atoms with E-state index in [0.29, 0.717) is 12.1 Å². The van der Waals surface area contributed by atoms with Gasteiger partial charge in [0.25, 0.3) is 0 Å². The predicted molar refractivity (Wildman–Crippen MR) is 124 cm³/mol. The first-order valence-corrected chi connectivity index (χ1v) is 10.3. The zero-order valence-electron chi connectivity index (χ0n) is 18.4. The molecule has 1 aliphatic rings. The van der Waals surface area contributed by atoms with Crippen LogP contribution in [-0.4, -0.2) is 29.7 Å². The number of carbonyl (C=O) groups is 1. The van der Waals surface area contributed by atoms with Crippen LogP contribution in [0.3, 0.4) is 0 Å². The van der Waals surface area contributed by atoms with Crippen molar-refractivity contribution in [3.05, 3.63) is 64.7 Å². The molecular formula is C23H32N6O2. The second-order valence-electron chi connectivity index (χ2n) is 7.39. The quantitative estimate of drug-likeness (QED) is 0.195. The number of amides is 2. The van der Waals surface area contributed by atoms with Gasteiger partial charge in [0, 0.05) is 24.7 Å². The van der Waals surface area contributed by atoms with Crippen LogP contribution in [0.15, 0.2) is 42.5 Å². The van der Waals surface area contributed by atoms with Crippen LogP contribution in [0.1, 0.15) is 48.4 Å². The van der Waals surface area contributed by atoms with Crippen molar-refractivity contribution < 1.29 is 9.53 Å². The Labute approximate surface area is 183 Å². The van der Waals surface area contributed by atoms with Crippen molar-refractivity contribution in [1.82, 2.24) is 5.01 Å². The standard InChI is InChI=1S/C13H21N5O2.C10H11N/c1-4-12(14)20-8-10-9(2)6-5-7-11(10)18(16)13(19)17(3)15;11-10-7-3-5-8-4-1-2-6-9(8)10/h5-7,14H,4,8,15-16H2,1-3H3;1-2,4,6,11H,3,5,7H2. The van der Waals surface area contributed by atoms with E-state index >= 15 is 0 Å². The number of nitrogens with one attached hydrogen (secondary N) is 2. The van der Waals surface area contributed by atoms with Crippen LogP contribution >= 0.6 is 0 Å². The smallest absolute Gasteiger partial charge is 0.352 e. The summed E-state index contributed by atoms with van der Waals surface area (Å²) in [6, 6.07) is 13.1. The molecule has 2 amide bonds. The molecule has 0 atom stereocenters. The lowest BCUT2D eigenvalue weighted by atomic mass is 9.90. The molecule has 0 saturated heterocycles. The van der Waals surface area contributed by atoms with Gasteiger partial charge in [0.15, 0.2) is 5.90 Å². The summed E-state index contributed by atoms with van der Waals surface area (Å²) in [5.74, 6) is 11.4. The van der Waals surface area contributed by atoms with E-state index in [-0.39, 0.29) is 12.5 Å². The molecule has 166 valence electrons. The van der Waals surface area contributed by atoms with Gasteiger partial charge in [-0.25, -0.2) is 21.5 Å². The number of anilines is 1. The summed E-state index contributed by atoms with van der Waals surface area (Å²) < 4.78 is 5.33. The van der Waals surface area contributed by atoms with Gasteiger partial charge < -0.3 is 10.1 Å². The summed E-state index contributed by atoms with van der Waals surface area (Å²) in [5, 5.41) is 17.1. The van der Waals surface area contributed by atoms with Crippen LogP contribution in [0.2, 0.25) is 0 Å². The molecule has 0 aliphatic heterocycles. The summed E-state index contributed by atoms with van der Waals surface area (Å²) >= 11 is 0. The zero-order valence-corrected chi connectivity index (χ0v) is 18.4. The van der Waals surface area contributed by atoms with Gasteiger partial charge in [-0.3, -0.25) is 10.4 Å². The lowest BCUT2D eigenvalue weighted by Crippen LogP contribution is -2.49. The van der Waals surface area contributed by atoms with Crippen molar-refractivity contribution in [3.63, 3.8) is 0 Å². The van der Waals surface area contributed by atoms with Gasteiger partial charge in [0.2, 0.25) is 0 Å². The van der Waals surface area contributed by atoms with E-state index in [1.807, 2.05) is 26.0 Å². The monoisotopic (exact) mass is 424 g/mol. The largest absolute Gasteiger partial charge is 0.476 e. The predicted octanol–water partition coefficient (Wildman–Crippen LogP) is 3.90. The van der Waals surface area contributed by atoms with Crippen LogP contribution in [0.5, 0.6) is 0 Å². The molecule has 0 aromatic heterocycles. The minimum Gasteiger partial charge on any atom is -0.476 e. The minimum atomic E-state index is -0.539. The summed E-state index contributed by atoms with van der Waals surface area (Å²) in [6.45, 7) is 3.91. The van der Waals surface area contributed by atoms with Gasteiger partial charge >= 0.3 is 6.03 Å². The van der Waals surface area contributed by atoms with Gasteiger partial charge in [-0.1, -0.05) is 43.3 Å². The summed E-state index contributed by atoms with van der Waals surface area (Å²) in [4.78, 5) is 11.8. The number of benzene rings is 2. The van der Waals surface area contributed by atoms with Crippen LogP contribution in [0.25, 0.3) is 0 Å². The highest BCUT2D eigenvalue weighted by Crippen LogP contribution is 2.24. The third-order valence-corrected chi connectivity index (χ3v) is 5.08.